The summed E-state index contributed by atoms with van der Waals surface area (Å²) in [5.74, 6) is -0.0336. The van der Waals surface area contributed by atoms with Crippen LogP contribution in [-0.2, 0) is 0 Å². The summed E-state index contributed by atoms with van der Waals surface area (Å²) in [7, 11) is 0. The van der Waals surface area contributed by atoms with Crippen molar-refractivity contribution in [2.45, 2.75) is 6.04 Å². The van der Waals surface area contributed by atoms with Crippen molar-refractivity contribution in [2.24, 2.45) is 0 Å². The van der Waals surface area contributed by atoms with Gasteiger partial charge in [-0.15, -0.1) is 11.3 Å². The summed E-state index contributed by atoms with van der Waals surface area (Å²) in [6.45, 7) is 2.50. The molecular formula is C17H16N6O2S. The summed E-state index contributed by atoms with van der Waals surface area (Å²) < 4.78 is 2.86. The smallest absolute Gasteiger partial charge is 0.322 e. The maximum Gasteiger partial charge on any atom is 0.322 e. The molecule has 3 aromatic rings. The van der Waals surface area contributed by atoms with Crippen molar-refractivity contribution in [1.82, 2.24) is 25.0 Å². The van der Waals surface area contributed by atoms with Gasteiger partial charge in [-0.25, -0.2) is 9.78 Å². The highest BCUT2D eigenvalue weighted by Crippen LogP contribution is 2.28. The highest BCUT2D eigenvalue weighted by molar-refractivity contribution is 7.20. The van der Waals surface area contributed by atoms with E-state index in [2.05, 4.69) is 15.4 Å². The number of amides is 3. The fraction of sp³-hybridized carbons (Fsp3) is 0.294. The van der Waals surface area contributed by atoms with Gasteiger partial charge in [0.1, 0.15) is 0 Å². The van der Waals surface area contributed by atoms with E-state index in [-0.39, 0.29) is 18.0 Å². The highest BCUT2D eigenvalue weighted by Gasteiger charge is 2.35. The Labute approximate surface area is 153 Å². The van der Waals surface area contributed by atoms with Crippen molar-refractivity contribution < 1.29 is 9.59 Å². The Balaban J connectivity index is 1.26. The maximum atomic E-state index is 12.6. The third-order valence-corrected chi connectivity index (χ3v) is 5.78. The molecule has 2 fully saturated rings. The number of nitrogens with zero attached hydrogens (tertiary/aromatic N) is 5. The summed E-state index contributed by atoms with van der Waals surface area (Å²) >= 11 is 1.43. The lowest BCUT2D eigenvalue weighted by Gasteiger charge is -2.38. The van der Waals surface area contributed by atoms with Gasteiger partial charge in [0.15, 0.2) is 5.01 Å². The molecule has 1 aromatic carbocycles. The normalized spacial score (nSPS) is 17.6. The number of urea groups is 1. The number of aromatic nitrogens is 3. The molecule has 3 amide bonds. The Morgan fingerprint density at radius 3 is 2.88 bits per heavy atom. The Bertz CT molecular complexity index is 973. The summed E-state index contributed by atoms with van der Waals surface area (Å²) in [6.07, 6.45) is 3.57. The van der Waals surface area contributed by atoms with E-state index in [1.54, 1.807) is 16.0 Å². The van der Waals surface area contributed by atoms with Gasteiger partial charge in [0.05, 0.1) is 28.1 Å². The molecule has 5 rings (SSSR count). The molecule has 0 aliphatic carbocycles. The lowest BCUT2D eigenvalue weighted by Crippen LogP contribution is -2.50. The Kier molecular flexibility index (Phi) is 3.42. The predicted octanol–water partition coefficient (Wildman–Crippen LogP) is 1.72. The molecule has 4 heterocycles. The number of para-hydroxylation sites is 1. The zero-order valence-electron chi connectivity index (χ0n) is 13.8. The van der Waals surface area contributed by atoms with Crippen LogP contribution >= 0.6 is 11.3 Å². The van der Waals surface area contributed by atoms with Crippen LogP contribution in [0.5, 0.6) is 0 Å². The molecule has 0 bridgehead atoms. The molecule has 132 valence electrons. The Morgan fingerprint density at radius 1 is 1.27 bits per heavy atom. The predicted molar refractivity (Wildman–Crippen MR) is 97.5 cm³/mol. The van der Waals surface area contributed by atoms with E-state index in [4.69, 9.17) is 0 Å². The van der Waals surface area contributed by atoms with Gasteiger partial charge in [-0.3, -0.25) is 14.4 Å². The lowest BCUT2D eigenvalue weighted by atomic mass is 10.1. The number of rotatable bonds is 3. The Morgan fingerprint density at radius 2 is 2.12 bits per heavy atom. The molecule has 2 aliphatic rings. The van der Waals surface area contributed by atoms with Crippen molar-refractivity contribution >= 4 is 39.2 Å². The second-order valence-corrected chi connectivity index (χ2v) is 7.44. The van der Waals surface area contributed by atoms with Gasteiger partial charge >= 0.3 is 6.03 Å². The van der Waals surface area contributed by atoms with Crippen molar-refractivity contribution in [2.75, 3.05) is 31.1 Å². The van der Waals surface area contributed by atoms with Crippen LogP contribution in [0.25, 0.3) is 10.2 Å². The van der Waals surface area contributed by atoms with E-state index in [9.17, 15) is 9.59 Å². The molecule has 1 N–H and O–H groups in total. The topological polar surface area (TPSA) is 83.4 Å². The van der Waals surface area contributed by atoms with Crippen LogP contribution in [0.15, 0.2) is 36.7 Å². The molecule has 0 saturated carbocycles. The standard InChI is InChI=1S/C17H16N6O2S/c24-16(15-20-13-3-1-2-4-14(13)26-15)21-8-12(9-21)23-10-11(7-19-23)22-6-5-18-17(22)25/h1-4,7,10,12H,5-6,8-9H2,(H,18,25). The second kappa shape index (κ2) is 5.80. The van der Waals surface area contributed by atoms with Crippen molar-refractivity contribution in [3.63, 3.8) is 0 Å². The number of anilines is 1. The third kappa shape index (κ3) is 2.43. The fourth-order valence-corrected chi connectivity index (χ4v) is 4.21. The van der Waals surface area contributed by atoms with Crippen LogP contribution in [0.3, 0.4) is 0 Å². The van der Waals surface area contributed by atoms with Gasteiger partial charge < -0.3 is 10.2 Å². The summed E-state index contributed by atoms with van der Waals surface area (Å²) in [5, 5.41) is 7.67. The van der Waals surface area contributed by atoms with Crippen LogP contribution in [-0.4, -0.2) is 57.8 Å². The second-order valence-electron chi connectivity index (χ2n) is 6.41. The maximum absolute atomic E-state index is 12.6. The van der Waals surface area contributed by atoms with Crippen LogP contribution in [0.1, 0.15) is 15.8 Å². The van der Waals surface area contributed by atoms with Gasteiger partial charge in [-0.05, 0) is 12.1 Å². The van der Waals surface area contributed by atoms with E-state index in [0.29, 0.717) is 31.2 Å². The number of fused-ring (bicyclic) bond motifs is 1. The first-order chi connectivity index (χ1) is 12.7. The monoisotopic (exact) mass is 368 g/mol. The van der Waals surface area contributed by atoms with Crippen molar-refractivity contribution in [1.29, 1.82) is 0 Å². The van der Waals surface area contributed by atoms with E-state index < -0.39 is 0 Å². The minimum atomic E-state index is -0.0919. The van der Waals surface area contributed by atoms with Gasteiger partial charge in [0.25, 0.3) is 5.91 Å². The molecule has 0 radical (unpaired) electrons. The summed E-state index contributed by atoms with van der Waals surface area (Å²) in [4.78, 5) is 32.2. The third-order valence-electron chi connectivity index (χ3n) is 4.76. The van der Waals surface area contributed by atoms with Gasteiger partial charge in [0, 0.05) is 32.4 Å². The fourth-order valence-electron chi connectivity index (χ4n) is 3.27. The SMILES string of the molecule is O=C(c1nc2ccccc2s1)N1CC(n2cc(N3CCNC3=O)cn2)C1. The largest absolute Gasteiger partial charge is 0.336 e. The van der Waals surface area contributed by atoms with Crippen LogP contribution in [0.4, 0.5) is 10.5 Å². The molecule has 0 spiro atoms. The molecule has 2 saturated heterocycles. The number of nitrogens with one attached hydrogen (secondary N) is 1. The molecule has 0 atom stereocenters. The van der Waals surface area contributed by atoms with E-state index in [1.165, 1.54) is 11.3 Å². The molecule has 9 heteroatoms. The molecule has 8 nitrogen and oxygen atoms in total. The highest BCUT2D eigenvalue weighted by atomic mass is 32.1. The zero-order valence-corrected chi connectivity index (χ0v) is 14.6. The van der Waals surface area contributed by atoms with Gasteiger partial charge in [-0.1, -0.05) is 12.1 Å². The Hall–Kier alpha value is -2.94. The van der Waals surface area contributed by atoms with E-state index >= 15 is 0 Å². The number of likely N-dealkylation sites (tertiary alicyclic amines) is 1. The summed E-state index contributed by atoms with van der Waals surface area (Å²) in [5.41, 5.74) is 1.65. The van der Waals surface area contributed by atoms with Gasteiger partial charge in [-0.2, -0.15) is 5.10 Å². The number of hydrogen-bond donors (Lipinski definition) is 1. The molecule has 0 unspecified atom stereocenters. The van der Waals surface area contributed by atoms with Crippen molar-refractivity contribution in [3.05, 3.63) is 41.7 Å². The quantitative estimate of drug-likeness (QED) is 0.763. The number of hydrogen-bond acceptors (Lipinski definition) is 5. The van der Waals surface area contributed by atoms with Crippen LogP contribution in [0, 0.1) is 0 Å². The first kappa shape index (κ1) is 15.3. The van der Waals surface area contributed by atoms with E-state index in [0.717, 1.165) is 15.9 Å². The van der Waals surface area contributed by atoms with Crippen molar-refractivity contribution in [3.8, 4) is 0 Å². The molecular weight excluding hydrogens is 352 g/mol. The average Bonchev–Trinajstić information content (AvgIpc) is 3.31. The zero-order chi connectivity index (χ0) is 17.7. The van der Waals surface area contributed by atoms with Gasteiger partial charge in [0.2, 0.25) is 0 Å². The molecule has 2 aliphatic heterocycles. The number of thiazole rings is 1. The first-order valence-electron chi connectivity index (χ1n) is 8.43. The summed E-state index contributed by atoms with van der Waals surface area (Å²) in [6, 6.07) is 7.80. The van der Waals surface area contributed by atoms with Crippen LogP contribution in [0.2, 0.25) is 0 Å². The number of benzene rings is 1. The number of carbonyl (C=O) groups is 2. The molecule has 26 heavy (non-hydrogen) atoms. The molecule has 2 aromatic heterocycles. The average molecular weight is 368 g/mol. The number of carbonyl (C=O) groups excluding carboxylic acids is 2. The van der Waals surface area contributed by atoms with E-state index in [1.807, 2.05) is 35.1 Å². The lowest BCUT2D eigenvalue weighted by molar-refractivity contribution is 0.0501. The van der Waals surface area contributed by atoms with Crippen LogP contribution < -0.4 is 10.2 Å². The minimum Gasteiger partial charge on any atom is -0.336 e. The first-order valence-corrected chi connectivity index (χ1v) is 9.25. The minimum absolute atomic E-state index is 0.0336.